The zero-order chi connectivity index (χ0) is 14.5. The maximum absolute atomic E-state index is 11.8. The van der Waals surface area contributed by atoms with Gasteiger partial charge in [-0.1, -0.05) is 18.2 Å². The van der Waals surface area contributed by atoms with Gasteiger partial charge in [0.05, 0.1) is 11.3 Å². The Morgan fingerprint density at radius 2 is 1.70 bits per heavy atom. The van der Waals surface area contributed by atoms with Crippen molar-refractivity contribution >= 4 is 39.3 Å². The van der Waals surface area contributed by atoms with Crippen LogP contribution in [0.4, 0.5) is 16.2 Å². The second kappa shape index (κ2) is 6.21. The number of carbonyl (C=O) groups excluding carboxylic acids is 1. The van der Waals surface area contributed by atoms with Crippen molar-refractivity contribution in [3.05, 3.63) is 58.6 Å². The van der Waals surface area contributed by atoms with E-state index >= 15 is 0 Å². The van der Waals surface area contributed by atoms with Gasteiger partial charge in [0.2, 0.25) is 0 Å². The minimum Gasteiger partial charge on any atom is -0.478 e. The highest BCUT2D eigenvalue weighted by Gasteiger charge is 2.09. The molecule has 6 heteroatoms. The molecule has 3 N–H and O–H groups in total. The molecule has 0 aromatic heterocycles. The molecule has 5 nitrogen and oxygen atoms in total. The molecule has 0 fully saturated rings. The van der Waals surface area contributed by atoms with Crippen LogP contribution in [0.25, 0.3) is 0 Å². The van der Waals surface area contributed by atoms with Crippen molar-refractivity contribution in [1.82, 2.24) is 0 Å². The number of carbonyl (C=O) groups is 2. The predicted molar refractivity (Wildman–Crippen MR) is 80.2 cm³/mol. The van der Waals surface area contributed by atoms with E-state index in [0.29, 0.717) is 15.8 Å². The minimum absolute atomic E-state index is 0.100. The molecule has 0 saturated carbocycles. The number of urea groups is 1. The predicted octanol–water partition coefficient (Wildman–Crippen LogP) is 3.79. The van der Waals surface area contributed by atoms with Crippen LogP contribution in [0.2, 0.25) is 0 Å². The normalized spacial score (nSPS) is 9.85. The van der Waals surface area contributed by atoms with Crippen LogP contribution in [0.15, 0.2) is 53.0 Å². The van der Waals surface area contributed by atoms with Gasteiger partial charge in [0.15, 0.2) is 0 Å². The molecule has 0 aliphatic heterocycles. The first kappa shape index (κ1) is 14.1. The average Bonchev–Trinajstić information content (AvgIpc) is 2.42. The third-order valence-electron chi connectivity index (χ3n) is 2.49. The van der Waals surface area contributed by atoms with Crippen molar-refractivity contribution in [2.45, 2.75) is 0 Å². The van der Waals surface area contributed by atoms with E-state index in [-0.39, 0.29) is 5.56 Å². The lowest BCUT2D eigenvalue weighted by Crippen LogP contribution is -2.19. The van der Waals surface area contributed by atoms with Crippen molar-refractivity contribution in [2.24, 2.45) is 0 Å². The van der Waals surface area contributed by atoms with Gasteiger partial charge in [0.1, 0.15) is 0 Å². The van der Waals surface area contributed by atoms with Crippen LogP contribution in [0, 0.1) is 0 Å². The third-order valence-corrected chi connectivity index (χ3v) is 3.18. The molecule has 0 aliphatic rings. The molecule has 102 valence electrons. The maximum Gasteiger partial charge on any atom is 0.335 e. The van der Waals surface area contributed by atoms with Gasteiger partial charge >= 0.3 is 12.0 Å². The fourth-order valence-corrected chi connectivity index (χ4v) is 1.91. The quantitative estimate of drug-likeness (QED) is 0.798. The summed E-state index contributed by atoms with van der Waals surface area (Å²) in [6, 6.07) is 12.9. The number of anilines is 2. The zero-order valence-corrected chi connectivity index (χ0v) is 11.8. The molecule has 20 heavy (non-hydrogen) atoms. The number of amides is 2. The van der Waals surface area contributed by atoms with E-state index in [1.54, 1.807) is 30.3 Å². The lowest BCUT2D eigenvalue weighted by Gasteiger charge is -2.09. The molecule has 0 heterocycles. The Labute approximate surface area is 123 Å². The molecular formula is C14H11BrN2O3. The van der Waals surface area contributed by atoms with Crippen molar-refractivity contribution in [3.63, 3.8) is 0 Å². The molecule has 0 unspecified atom stereocenters. The SMILES string of the molecule is O=C(Nc1ccccc1)Nc1cc(C(=O)O)ccc1Br. The summed E-state index contributed by atoms with van der Waals surface area (Å²) in [5.41, 5.74) is 1.14. The largest absolute Gasteiger partial charge is 0.478 e. The van der Waals surface area contributed by atoms with E-state index in [2.05, 4.69) is 26.6 Å². The van der Waals surface area contributed by atoms with Crippen molar-refractivity contribution < 1.29 is 14.7 Å². The molecule has 0 radical (unpaired) electrons. The van der Waals surface area contributed by atoms with Gasteiger partial charge in [-0.3, -0.25) is 0 Å². The maximum atomic E-state index is 11.8. The Bertz CT molecular complexity index is 644. The highest BCUT2D eigenvalue weighted by molar-refractivity contribution is 9.10. The number of aromatic carboxylic acids is 1. The van der Waals surface area contributed by atoms with Gasteiger partial charge in [-0.05, 0) is 46.3 Å². The number of benzene rings is 2. The third kappa shape index (κ3) is 3.58. The van der Waals surface area contributed by atoms with E-state index in [1.165, 1.54) is 12.1 Å². The van der Waals surface area contributed by atoms with Gasteiger partial charge in [-0.25, -0.2) is 9.59 Å². The lowest BCUT2D eigenvalue weighted by atomic mass is 10.2. The molecule has 0 saturated heterocycles. The fraction of sp³-hybridized carbons (Fsp3) is 0. The molecule has 0 bridgehead atoms. The van der Waals surface area contributed by atoms with Crippen LogP contribution in [0.5, 0.6) is 0 Å². The summed E-state index contributed by atoms with van der Waals surface area (Å²) in [5, 5.41) is 14.2. The van der Waals surface area contributed by atoms with Crippen molar-refractivity contribution in [1.29, 1.82) is 0 Å². The number of carboxylic acids is 1. The zero-order valence-electron chi connectivity index (χ0n) is 10.3. The molecule has 2 aromatic carbocycles. The topological polar surface area (TPSA) is 78.4 Å². The second-order valence-corrected chi connectivity index (χ2v) is 4.80. The summed E-state index contributed by atoms with van der Waals surface area (Å²) in [6.07, 6.45) is 0. The summed E-state index contributed by atoms with van der Waals surface area (Å²) in [6.45, 7) is 0. The number of hydrogen-bond acceptors (Lipinski definition) is 2. The smallest absolute Gasteiger partial charge is 0.335 e. The summed E-state index contributed by atoms with van der Waals surface area (Å²) < 4.78 is 0.603. The summed E-state index contributed by atoms with van der Waals surface area (Å²) >= 11 is 3.26. The average molecular weight is 335 g/mol. The lowest BCUT2D eigenvalue weighted by molar-refractivity contribution is 0.0697. The number of nitrogens with one attached hydrogen (secondary N) is 2. The Kier molecular flexibility index (Phi) is 4.37. The van der Waals surface area contributed by atoms with Crippen LogP contribution in [0.1, 0.15) is 10.4 Å². The van der Waals surface area contributed by atoms with Gasteiger partial charge in [0.25, 0.3) is 0 Å². The highest BCUT2D eigenvalue weighted by Crippen LogP contribution is 2.24. The van der Waals surface area contributed by atoms with Crippen LogP contribution >= 0.6 is 15.9 Å². The number of rotatable bonds is 3. The summed E-state index contributed by atoms with van der Waals surface area (Å²) in [7, 11) is 0. The minimum atomic E-state index is -1.05. The van der Waals surface area contributed by atoms with E-state index in [0.717, 1.165) is 0 Å². The van der Waals surface area contributed by atoms with E-state index in [9.17, 15) is 9.59 Å². The molecular weight excluding hydrogens is 324 g/mol. The van der Waals surface area contributed by atoms with Crippen LogP contribution in [-0.4, -0.2) is 17.1 Å². The first-order valence-corrected chi connectivity index (χ1v) is 6.51. The van der Waals surface area contributed by atoms with Crippen LogP contribution in [-0.2, 0) is 0 Å². The Morgan fingerprint density at radius 1 is 1.00 bits per heavy atom. The van der Waals surface area contributed by atoms with E-state index < -0.39 is 12.0 Å². The van der Waals surface area contributed by atoms with Crippen molar-refractivity contribution in [3.8, 4) is 0 Å². The second-order valence-electron chi connectivity index (χ2n) is 3.94. The van der Waals surface area contributed by atoms with Gasteiger partial charge in [-0.15, -0.1) is 0 Å². The number of para-hydroxylation sites is 1. The molecule has 0 atom stereocenters. The molecule has 2 aromatic rings. The molecule has 0 spiro atoms. The van der Waals surface area contributed by atoms with Gasteiger partial charge < -0.3 is 15.7 Å². The highest BCUT2D eigenvalue weighted by atomic mass is 79.9. The Hall–Kier alpha value is -2.34. The fourth-order valence-electron chi connectivity index (χ4n) is 1.56. The Morgan fingerprint density at radius 3 is 2.35 bits per heavy atom. The van der Waals surface area contributed by atoms with Gasteiger partial charge in [0, 0.05) is 10.2 Å². The summed E-state index contributed by atoms with van der Waals surface area (Å²) in [4.78, 5) is 22.7. The van der Waals surface area contributed by atoms with E-state index in [4.69, 9.17) is 5.11 Å². The number of carboxylic acid groups (broad SMARTS) is 1. The van der Waals surface area contributed by atoms with Crippen LogP contribution in [0.3, 0.4) is 0 Å². The molecule has 2 amide bonds. The standard InChI is InChI=1S/C14H11BrN2O3/c15-11-7-6-9(13(18)19)8-12(11)17-14(20)16-10-4-2-1-3-5-10/h1-8H,(H,18,19)(H2,16,17,20). The molecule has 2 rings (SSSR count). The first-order valence-electron chi connectivity index (χ1n) is 5.72. The summed E-state index contributed by atoms with van der Waals surface area (Å²) in [5.74, 6) is -1.05. The van der Waals surface area contributed by atoms with E-state index in [1.807, 2.05) is 6.07 Å². The Balaban J connectivity index is 2.11. The monoisotopic (exact) mass is 334 g/mol. The first-order chi connectivity index (χ1) is 9.56. The number of halogens is 1. The number of hydrogen-bond donors (Lipinski definition) is 3. The molecule has 0 aliphatic carbocycles. The van der Waals surface area contributed by atoms with Crippen molar-refractivity contribution in [2.75, 3.05) is 10.6 Å². The van der Waals surface area contributed by atoms with Gasteiger partial charge in [-0.2, -0.15) is 0 Å². The van der Waals surface area contributed by atoms with Crippen LogP contribution < -0.4 is 10.6 Å².